The number of benzene rings is 1. The first-order valence-corrected chi connectivity index (χ1v) is 5.72. The summed E-state index contributed by atoms with van der Waals surface area (Å²) in [6.07, 6.45) is 1.58. The summed E-state index contributed by atoms with van der Waals surface area (Å²) in [5.74, 6) is -0.523. The van der Waals surface area contributed by atoms with Crippen molar-refractivity contribution in [3.8, 4) is 0 Å². The van der Waals surface area contributed by atoms with E-state index in [0.29, 0.717) is 0 Å². The highest BCUT2D eigenvalue weighted by Crippen LogP contribution is 2.27. The molecule has 0 bridgehead atoms. The second-order valence-electron chi connectivity index (χ2n) is 3.01. The van der Waals surface area contributed by atoms with Crippen molar-refractivity contribution >= 4 is 48.5 Å². The Balaban J connectivity index is 2.90. The van der Waals surface area contributed by atoms with E-state index >= 15 is 0 Å². The maximum absolute atomic E-state index is 11.2. The Morgan fingerprint density at radius 2 is 2.00 bits per heavy atom. The van der Waals surface area contributed by atoms with E-state index in [-0.39, 0.29) is 5.69 Å². The number of nitrogens with zero attached hydrogens (tertiary/aromatic N) is 1. The molecule has 1 aromatic heterocycles. The summed E-state index contributed by atoms with van der Waals surface area (Å²) in [6.45, 7) is 0. The standard InChI is InChI=1S/C10H6Br2N2O/c11-5-1-2-6-7(3-5)9(10(13)15)14-4-8(6)12/h1-4H,(H2,13,15). The predicted octanol–water partition coefficient (Wildman–Crippen LogP) is 2.86. The Kier molecular flexibility index (Phi) is 2.75. The molecule has 1 heterocycles. The molecule has 0 aliphatic heterocycles. The number of primary amides is 1. The molecular weight excluding hydrogens is 324 g/mol. The van der Waals surface area contributed by atoms with Crippen molar-refractivity contribution < 1.29 is 4.79 Å². The van der Waals surface area contributed by atoms with Crippen molar-refractivity contribution in [2.45, 2.75) is 0 Å². The van der Waals surface area contributed by atoms with Gasteiger partial charge in [0.2, 0.25) is 0 Å². The quantitative estimate of drug-likeness (QED) is 0.874. The molecule has 5 heteroatoms. The smallest absolute Gasteiger partial charge is 0.267 e. The van der Waals surface area contributed by atoms with Gasteiger partial charge in [0.05, 0.1) is 0 Å². The number of fused-ring (bicyclic) bond motifs is 1. The molecule has 0 spiro atoms. The van der Waals surface area contributed by atoms with Gasteiger partial charge in [0.1, 0.15) is 5.69 Å². The molecular formula is C10H6Br2N2O. The lowest BCUT2D eigenvalue weighted by Gasteiger charge is -2.04. The number of hydrogen-bond donors (Lipinski definition) is 1. The minimum atomic E-state index is -0.523. The summed E-state index contributed by atoms with van der Waals surface area (Å²) in [6, 6.07) is 5.63. The van der Waals surface area contributed by atoms with Crippen molar-refractivity contribution in [3.63, 3.8) is 0 Å². The van der Waals surface area contributed by atoms with E-state index in [0.717, 1.165) is 19.7 Å². The first-order chi connectivity index (χ1) is 7.09. The summed E-state index contributed by atoms with van der Waals surface area (Å²) >= 11 is 6.72. The zero-order valence-electron chi connectivity index (χ0n) is 7.50. The van der Waals surface area contributed by atoms with E-state index in [1.54, 1.807) is 6.20 Å². The molecule has 0 unspecified atom stereocenters. The molecule has 0 saturated heterocycles. The highest BCUT2D eigenvalue weighted by molar-refractivity contribution is 9.11. The molecule has 2 N–H and O–H groups in total. The summed E-state index contributed by atoms with van der Waals surface area (Å²) in [5, 5.41) is 1.66. The molecule has 0 atom stereocenters. The van der Waals surface area contributed by atoms with Crippen LogP contribution in [0.3, 0.4) is 0 Å². The monoisotopic (exact) mass is 328 g/mol. The summed E-state index contributed by atoms with van der Waals surface area (Å²) in [7, 11) is 0. The number of halogens is 2. The maximum Gasteiger partial charge on any atom is 0.267 e. The van der Waals surface area contributed by atoms with E-state index in [1.807, 2.05) is 18.2 Å². The van der Waals surface area contributed by atoms with Crippen LogP contribution in [0.1, 0.15) is 10.5 Å². The second-order valence-corrected chi connectivity index (χ2v) is 4.78. The van der Waals surface area contributed by atoms with E-state index in [1.165, 1.54) is 0 Å². The van der Waals surface area contributed by atoms with Gasteiger partial charge in [-0.3, -0.25) is 4.79 Å². The average Bonchev–Trinajstić information content (AvgIpc) is 2.17. The molecule has 2 rings (SSSR count). The number of hydrogen-bond acceptors (Lipinski definition) is 2. The van der Waals surface area contributed by atoms with Crippen LogP contribution < -0.4 is 5.73 Å². The zero-order valence-corrected chi connectivity index (χ0v) is 10.7. The van der Waals surface area contributed by atoms with Crippen molar-refractivity contribution in [1.82, 2.24) is 4.98 Å². The van der Waals surface area contributed by atoms with Crippen LogP contribution in [0.25, 0.3) is 10.8 Å². The fourth-order valence-corrected chi connectivity index (χ4v) is 2.19. The molecule has 3 nitrogen and oxygen atoms in total. The van der Waals surface area contributed by atoms with Gasteiger partial charge in [-0.1, -0.05) is 22.0 Å². The van der Waals surface area contributed by atoms with Gasteiger partial charge in [-0.25, -0.2) is 4.98 Å². The lowest BCUT2D eigenvalue weighted by Crippen LogP contribution is -2.13. The minimum Gasteiger partial charge on any atom is -0.364 e. The predicted molar refractivity (Wildman–Crippen MR) is 65.7 cm³/mol. The van der Waals surface area contributed by atoms with Crippen LogP contribution in [0.2, 0.25) is 0 Å². The van der Waals surface area contributed by atoms with Gasteiger partial charge >= 0.3 is 0 Å². The molecule has 15 heavy (non-hydrogen) atoms. The van der Waals surface area contributed by atoms with E-state index < -0.39 is 5.91 Å². The molecule has 2 aromatic rings. The lowest BCUT2D eigenvalue weighted by atomic mass is 10.1. The van der Waals surface area contributed by atoms with Crippen molar-refractivity contribution in [1.29, 1.82) is 0 Å². The Morgan fingerprint density at radius 1 is 1.27 bits per heavy atom. The van der Waals surface area contributed by atoms with Crippen molar-refractivity contribution in [2.24, 2.45) is 5.73 Å². The Hall–Kier alpha value is -0.940. The van der Waals surface area contributed by atoms with Crippen LogP contribution >= 0.6 is 31.9 Å². The number of carbonyl (C=O) groups is 1. The van der Waals surface area contributed by atoms with Gasteiger partial charge in [-0.15, -0.1) is 0 Å². The number of carbonyl (C=O) groups excluding carboxylic acids is 1. The van der Waals surface area contributed by atoms with Crippen LogP contribution in [-0.2, 0) is 0 Å². The number of aromatic nitrogens is 1. The summed E-state index contributed by atoms with van der Waals surface area (Å²) in [4.78, 5) is 15.2. The highest BCUT2D eigenvalue weighted by atomic mass is 79.9. The Labute approximate surface area is 103 Å². The van der Waals surface area contributed by atoms with Gasteiger partial charge in [0.15, 0.2) is 0 Å². The fraction of sp³-hybridized carbons (Fsp3) is 0. The number of pyridine rings is 1. The Bertz CT molecular complexity index is 554. The van der Waals surface area contributed by atoms with Crippen LogP contribution in [0.5, 0.6) is 0 Å². The van der Waals surface area contributed by atoms with Gasteiger partial charge in [0.25, 0.3) is 5.91 Å². The minimum absolute atomic E-state index is 0.287. The van der Waals surface area contributed by atoms with E-state index in [4.69, 9.17) is 5.73 Å². The maximum atomic E-state index is 11.2. The van der Waals surface area contributed by atoms with Crippen molar-refractivity contribution in [3.05, 3.63) is 39.0 Å². The summed E-state index contributed by atoms with van der Waals surface area (Å²) < 4.78 is 1.73. The largest absolute Gasteiger partial charge is 0.364 e. The van der Waals surface area contributed by atoms with Gasteiger partial charge in [-0.2, -0.15) is 0 Å². The third-order valence-electron chi connectivity index (χ3n) is 2.03. The molecule has 0 fully saturated rings. The molecule has 1 aromatic carbocycles. The molecule has 0 aliphatic rings. The molecule has 1 amide bonds. The number of amides is 1. The fourth-order valence-electron chi connectivity index (χ4n) is 1.38. The molecule has 0 aliphatic carbocycles. The van der Waals surface area contributed by atoms with Crippen molar-refractivity contribution in [2.75, 3.05) is 0 Å². The molecule has 0 saturated carbocycles. The lowest BCUT2D eigenvalue weighted by molar-refractivity contribution is 0.0997. The van der Waals surface area contributed by atoms with Gasteiger partial charge in [-0.05, 0) is 33.4 Å². The third kappa shape index (κ3) is 1.89. The topological polar surface area (TPSA) is 56.0 Å². The Morgan fingerprint density at radius 3 is 2.67 bits per heavy atom. The number of nitrogens with two attached hydrogens (primary N) is 1. The first-order valence-electron chi connectivity index (χ1n) is 4.13. The van der Waals surface area contributed by atoms with E-state index in [9.17, 15) is 4.79 Å². The van der Waals surface area contributed by atoms with Crippen LogP contribution in [0.4, 0.5) is 0 Å². The SMILES string of the molecule is NC(=O)c1ncc(Br)c2ccc(Br)cc12. The highest BCUT2D eigenvalue weighted by Gasteiger charge is 2.10. The molecule has 0 radical (unpaired) electrons. The van der Waals surface area contributed by atoms with Gasteiger partial charge in [0, 0.05) is 20.5 Å². The van der Waals surface area contributed by atoms with Crippen LogP contribution in [0, 0.1) is 0 Å². The van der Waals surface area contributed by atoms with Crippen LogP contribution in [-0.4, -0.2) is 10.9 Å². The second kappa shape index (κ2) is 3.90. The molecule has 76 valence electrons. The zero-order chi connectivity index (χ0) is 11.0. The average molecular weight is 330 g/mol. The first kappa shape index (κ1) is 10.6. The van der Waals surface area contributed by atoms with Crippen LogP contribution in [0.15, 0.2) is 33.3 Å². The normalized spacial score (nSPS) is 10.5. The summed E-state index contributed by atoms with van der Waals surface area (Å²) in [5.41, 5.74) is 5.53. The van der Waals surface area contributed by atoms with Gasteiger partial charge < -0.3 is 5.73 Å². The number of rotatable bonds is 1. The van der Waals surface area contributed by atoms with E-state index in [2.05, 4.69) is 36.8 Å². The third-order valence-corrected chi connectivity index (χ3v) is 3.16.